The van der Waals surface area contributed by atoms with Gasteiger partial charge in [0.2, 0.25) is 10.0 Å². The van der Waals surface area contributed by atoms with E-state index < -0.39 is 10.0 Å². The average molecular weight is 350 g/mol. The van der Waals surface area contributed by atoms with Gasteiger partial charge in [-0.3, -0.25) is 4.79 Å². The molecule has 0 saturated carbocycles. The highest BCUT2D eigenvalue weighted by molar-refractivity contribution is 7.89. The van der Waals surface area contributed by atoms with Crippen LogP contribution in [0.5, 0.6) is 0 Å². The van der Waals surface area contributed by atoms with Crippen LogP contribution < -0.4 is 0 Å². The topological polar surface area (TPSA) is 57.7 Å². The molecule has 0 spiro atoms. The van der Waals surface area contributed by atoms with Gasteiger partial charge in [0, 0.05) is 31.7 Å². The Labute approximate surface area is 145 Å². The molecule has 0 aromatic heterocycles. The van der Waals surface area contributed by atoms with E-state index in [9.17, 15) is 13.2 Å². The molecule has 1 amide bonds. The van der Waals surface area contributed by atoms with Gasteiger partial charge in [-0.25, -0.2) is 8.42 Å². The second-order valence-corrected chi connectivity index (χ2v) is 7.26. The van der Waals surface area contributed by atoms with Crippen molar-refractivity contribution in [3.63, 3.8) is 0 Å². The Kier molecular flexibility index (Phi) is 7.38. The van der Waals surface area contributed by atoms with Gasteiger partial charge in [-0.05, 0) is 24.6 Å². The van der Waals surface area contributed by atoms with Crippen LogP contribution in [0.3, 0.4) is 0 Å². The SMILES string of the molecule is C=CCN(CC=C)C(=O)c1ccc(C)c(S(=O)(=O)N(CC)CC)c1. The van der Waals surface area contributed by atoms with Crippen molar-refractivity contribution in [1.82, 2.24) is 9.21 Å². The number of aryl methyl sites for hydroxylation is 1. The van der Waals surface area contributed by atoms with Crippen molar-refractivity contribution in [3.05, 3.63) is 54.6 Å². The van der Waals surface area contributed by atoms with Crippen LogP contribution in [-0.4, -0.2) is 49.7 Å². The lowest BCUT2D eigenvalue weighted by Crippen LogP contribution is -2.33. The zero-order valence-corrected chi connectivity index (χ0v) is 15.5. The van der Waals surface area contributed by atoms with E-state index in [1.165, 1.54) is 10.4 Å². The number of benzene rings is 1. The Bertz CT molecular complexity index is 697. The molecule has 0 radical (unpaired) electrons. The molecule has 6 heteroatoms. The molecule has 0 heterocycles. The number of rotatable bonds is 9. The van der Waals surface area contributed by atoms with Gasteiger partial charge in [-0.15, -0.1) is 13.2 Å². The minimum Gasteiger partial charge on any atom is -0.331 e. The first-order chi connectivity index (χ1) is 11.3. The average Bonchev–Trinajstić information content (AvgIpc) is 2.55. The fourth-order valence-corrected chi connectivity index (χ4v) is 4.16. The molecule has 0 aliphatic carbocycles. The maximum absolute atomic E-state index is 12.8. The molecule has 1 aromatic rings. The van der Waals surface area contributed by atoms with Gasteiger partial charge in [0.25, 0.3) is 5.91 Å². The van der Waals surface area contributed by atoms with E-state index >= 15 is 0 Å². The van der Waals surface area contributed by atoms with Crippen molar-refractivity contribution in [2.24, 2.45) is 0 Å². The van der Waals surface area contributed by atoms with Crippen molar-refractivity contribution in [2.45, 2.75) is 25.7 Å². The van der Waals surface area contributed by atoms with Crippen LogP contribution in [0.4, 0.5) is 0 Å². The van der Waals surface area contributed by atoms with Gasteiger partial charge in [0.05, 0.1) is 4.90 Å². The summed E-state index contributed by atoms with van der Waals surface area (Å²) in [7, 11) is -3.62. The summed E-state index contributed by atoms with van der Waals surface area (Å²) in [4.78, 5) is 14.4. The molecular weight excluding hydrogens is 324 g/mol. The highest BCUT2D eigenvalue weighted by atomic mass is 32.2. The molecule has 0 N–H and O–H groups in total. The highest BCUT2D eigenvalue weighted by Crippen LogP contribution is 2.22. The quantitative estimate of drug-likeness (QED) is 0.644. The number of hydrogen-bond donors (Lipinski definition) is 0. The highest BCUT2D eigenvalue weighted by Gasteiger charge is 2.25. The molecule has 0 aliphatic heterocycles. The lowest BCUT2D eigenvalue weighted by molar-refractivity contribution is 0.0790. The summed E-state index contributed by atoms with van der Waals surface area (Å²) >= 11 is 0. The molecule has 5 nitrogen and oxygen atoms in total. The summed E-state index contributed by atoms with van der Waals surface area (Å²) in [5, 5.41) is 0. The molecule has 132 valence electrons. The molecular formula is C18H26N2O3S. The lowest BCUT2D eigenvalue weighted by Gasteiger charge is -2.22. The predicted octanol–water partition coefficient (Wildman–Crippen LogP) is 2.84. The smallest absolute Gasteiger partial charge is 0.254 e. The van der Waals surface area contributed by atoms with E-state index in [0.717, 1.165) is 0 Å². The van der Waals surface area contributed by atoms with Crippen LogP contribution in [0.1, 0.15) is 29.8 Å². The van der Waals surface area contributed by atoms with E-state index in [-0.39, 0.29) is 10.8 Å². The number of nitrogens with zero attached hydrogens (tertiary/aromatic N) is 2. The molecule has 0 unspecified atom stereocenters. The van der Waals surface area contributed by atoms with Gasteiger partial charge >= 0.3 is 0 Å². The lowest BCUT2D eigenvalue weighted by atomic mass is 10.1. The Hall–Kier alpha value is -1.92. The molecule has 0 aliphatic rings. The number of carbonyl (C=O) groups is 1. The maximum Gasteiger partial charge on any atom is 0.254 e. The van der Waals surface area contributed by atoms with E-state index in [1.807, 2.05) is 0 Å². The van der Waals surface area contributed by atoms with Crippen molar-refractivity contribution in [2.75, 3.05) is 26.2 Å². The van der Waals surface area contributed by atoms with Crippen LogP contribution in [0, 0.1) is 6.92 Å². The van der Waals surface area contributed by atoms with Gasteiger partial charge in [0.1, 0.15) is 0 Å². The summed E-state index contributed by atoms with van der Waals surface area (Å²) in [6, 6.07) is 4.78. The van der Waals surface area contributed by atoms with Gasteiger partial charge in [0.15, 0.2) is 0 Å². The first-order valence-electron chi connectivity index (χ1n) is 7.95. The third-order valence-electron chi connectivity index (χ3n) is 3.74. The minimum absolute atomic E-state index is 0.175. The Morgan fingerprint density at radius 3 is 2.12 bits per heavy atom. The molecule has 0 atom stereocenters. The third kappa shape index (κ3) is 4.33. The van der Waals surface area contributed by atoms with Crippen molar-refractivity contribution in [1.29, 1.82) is 0 Å². The molecule has 0 saturated heterocycles. The number of hydrogen-bond acceptors (Lipinski definition) is 3. The van der Waals surface area contributed by atoms with E-state index in [4.69, 9.17) is 0 Å². The summed E-state index contributed by atoms with van der Waals surface area (Å²) in [5.41, 5.74) is 0.965. The van der Waals surface area contributed by atoms with E-state index in [2.05, 4.69) is 13.2 Å². The Balaban J connectivity index is 3.34. The minimum atomic E-state index is -3.62. The second kappa shape index (κ2) is 8.80. The fourth-order valence-electron chi connectivity index (χ4n) is 2.45. The number of sulfonamides is 1. The van der Waals surface area contributed by atoms with Crippen molar-refractivity contribution < 1.29 is 13.2 Å². The van der Waals surface area contributed by atoms with Crippen molar-refractivity contribution >= 4 is 15.9 Å². The van der Waals surface area contributed by atoms with Gasteiger partial charge in [-0.1, -0.05) is 32.1 Å². The monoisotopic (exact) mass is 350 g/mol. The molecule has 1 aromatic carbocycles. The van der Waals surface area contributed by atoms with Gasteiger partial charge in [-0.2, -0.15) is 4.31 Å². The maximum atomic E-state index is 12.8. The molecule has 1 rings (SSSR count). The van der Waals surface area contributed by atoms with Crippen LogP contribution in [0.2, 0.25) is 0 Å². The zero-order chi connectivity index (χ0) is 18.3. The first kappa shape index (κ1) is 20.1. The zero-order valence-electron chi connectivity index (χ0n) is 14.7. The normalized spacial score (nSPS) is 11.3. The van der Waals surface area contributed by atoms with E-state index in [1.54, 1.807) is 50.0 Å². The van der Waals surface area contributed by atoms with Crippen molar-refractivity contribution in [3.8, 4) is 0 Å². The van der Waals surface area contributed by atoms with Crippen LogP contribution >= 0.6 is 0 Å². The second-order valence-electron chi connectivity index (χ2n) is 5.36. The largest absolute Gasteiger partial charge is 0.331 e. The fraction of sp³-hybridized carbons (Fsp3) is 0.389. The Morgan fingerprint density at radius 2 is 1.67 bits per heavy atom. The van der Waals surface area contributed by atoms with Crippen LogP contribution in [0.25, 0.3) is 0 Å². The van der Waals surface area contributed by atoms with Gasteiger partial charge < -0.3 is 4.90 Å². The first-order valence-corrected chi connectivity index (χ1v) is 9.39. The molecule has 24 heavy (non-hydrogen) atoms. The number of carbonyl (C=O) groups excluding carboxylic acids is 1. The third-order valence-corrected chi connectivity index (χ3v) is 5.94. The molecule has 0 fully saturated rings. The Morgan fingerprint density at radius 1 is 1.12 bits per heavy atom. The number of amides is 1. The summed E-state index contributed by atoms with van der Waals surface area (Å²) in [6.07, 6.45) is 3.26. The standard InChI is InChI=1S/C18H26N2O3S/c1-6-12-19(13-7-2)18(21)16-11-10-15(5)17(14-16)24(22,23)20(8-3)9-4/h6-7,10-11,14H,1-2,8-9,12-13H2,3-5H3. The van der Waals surface area contributed by atoms with Crippen LogP contribution in [0.15, 0.2) is 48.4 Å². The predicted molar refractivity (Wildman–Crippen MR) is 97.6 cm³/mol. The molecule has 0 bridgehead atoms. The van der Waals surface area contributed by atoms with E-state index in [0.29, 0.717) is 37.3 Å². The van der Waals surface area contributed by atoms with Crippen LogP contribution in [-0.2, 0) is 10.0 Å². The summed E-state index contributed by atoms with van der Waals surface area (Å²) < 4.78 is 26.9. The summed E-state index contributed by atoms with van der Waals surface area (Å²) in [5.74, 6) is -0.245. The summed E-state index contributed by atoms with van der Waals surface area (Å²) in [6.45, 7) is 14.1.